The van der Waals surface area contributed by atoms with Crippen LogP contribution in [0.5, 0.6) is 17.4 Å². The van der Waals surface area contributed by atoms with Crippen molar-refractivity contribution in [3.05, 3.63) is 36.0 Å². The van der Waals surface area contributed by atoms with Crippen LogP contribution >= 0.6 is 11.9 Å². The predicted molar refractivity (Wildman–Crippen MR) is 98.2 cm³/mol. The zero-order valence-electron chi connectivity index (χ0n) is 14.5. The first kappa shape index (κ1) is 16.8. The Balaban J connectivity index is 1.53. The maximum absolute atomic E-state index is 12.5. The number of fused-ring (bicyclic) bond motifs is 1. The fourth-order valence-electron chi connectivity index (χ4n) is 2.73. The van der Waals surface area contributed by atoms with Gasteiger partial charge >= 0.3 is 0 Å². The quantitative estimate of drug-likeness (QED) is 0.780. The Hall–Kier alpha value is -2.61. The van der Waals surface area contributed by atoms with E-state index in [0.29, 0.717) is 23.7 Å². The molecule has 4 rings (SSSR count). The average molecular weight is 373 g/mol. The van der Waals surface area contributed by atoms with Crippen molar-refractivity contribution in [3.63, 3.8) is 0 Å². The first-order valence-corrected chi connectivity index (χ1v) is 9.04. The summed E-state index contributed by atoms with van der Waals surface area (Å²) >= 11 is 1.36. The van der Waals surface area contributed by atoms with Crippen molar-refractivity contribution in [2.24, 2.45) is 0 Å². The van der Waals surface area contributed by atoms with E-state index in [2.05, 4.69) is 15.0 Å². The van der Waals surface area contributed by atoms with Crippen LogP contribution < -0.4 is 24.2 Å². The third-order valence-electron chi connectivity index (χ3n) is 4.46. The first-order chi connectivity index (χ1) is 12.6. The molecule has 2 N–H and O–H groups in total. The Bertz CT molecular complexity index is 854. The molecule has 7 nitrogen and oxygen atoms in total. The Morgan fingerprint density at radius 2 is 2.12 bits per heavy atom. The number of ether oxygens (including phenoxy) is 3. The maximum Gasteiger partial charge on any atom is 0.257 e. The second-order valence-corrected chi connectivity index (χ2v) is 7.17. The third kappa shape index (κ3) is 3.24. The van der Waals surface area contributed by atoms with Gasteiger partial charge in [-0.25, -0.2) is 4.98 Å². The monoisotopic (exact) mass is 373 g/mol. The Morgan fingerprint density at radius 3 is 2.85 bits per heavy atom. The zero-order chi connectivity index (χ0) is 18.1. The van der Waals surface area contributed by atoms with Gasteiger partial charge in [-0.15, -0.1) is 0 Å². The van der Waals surface area contributed by atoms with Gasteiger partial charge < -0.3 is 24.2 Å². The minimum Gasteiger partial charge on any atom is -0.497 e. The molecule has 1 aromatic carbocycles. The molecule has 8 heteroatoms. The van der Waals surface area contributed by atoms with Gasteiger partial charge in [-0.1, -0.05) is 0 Å². The summed E-state index contributed by atoms with van der Waals surface area (Å²) in [6, 6.07) is 7.30. The standard InChI is InChI=1S/C18H19N3O4S/c1-23-12-3-4-14(24-2)15(8-12)26-21-11-7-13-16(22)20-18(5-6-18)10-25-17(13)19-9-11/h3-4,7-9,21H,5-6,10H2,1-2H3,(H,20,22). The Morgan fingerprint density at radius 1 is 1.27 bits per heavy atom. The van der Waals surface area contributed by atoms with E-state index in [1.807, 2.05) is 18.2 Å². The Labute approximate surface area is 155 Å². The van der Waals surface area contributed by atoms with Gasteiger partial charge in [0.15, 0.2) is 0 Å². The highest BCUT2D eigenvalue weighted by molar-refractivity contribution is 8.00. The van der Waals surface area contributed by atoms with E-state index < -0.39 is 0 Å². The Kier molecular flexibility index (Phi) is 4.28. The van der Waals surface area contributed by atoms with Crippen molar-refractivity contribution >= 4 is 23.5 Å². The molecule has 1 saturated carbocycles. The number of amides is 1. The van der Waals surface area contributed by atoms with E-state index >= 15 is 0 Å². The molecule has 2 aliphatic rings. The number of nitrogens with one attached hydrogen (secondary N) is 2. The van der Waals surface area contributed by atoms with Gasteiger partial charge in [0, 0.05) is 0 Å². The minimum atomic E-state index is -0.200. The maximum atomic E-state index is 12.5. The fourth-order valence-corrected chi connectivity index (χ4v) is 3.50. The summed E-state index contributed by atoms with van der Waals surface area (Å²) < 4.78 is 19.5. The van der Waals surface area contributed by atoms with Crippen molar-refractivity contribution in [1.29, 1.82) is 0 Å². The summed E-state index contributed by atoms with van der Waals surface area (Å²) in [6.45, 7) is 0.473. The highest BCUT2D eigenvalue weighted by Crippen LogP contribution is 2.39. The van der Waals surface area contributed by atoms with Crippen LogP contribution in [-0.4, -0.2) is 37.3 Å². The second-order valence-electron chi connectivity index (χ2n) is 6.32. The first-order valence-electron chi connectivity index (χ1n) is 8.23. The minimum absolute atomic E-state index is 0.143. The summed E-state index contributed by atoms with van der Waals surface area (Å²) in [7, 11) is 3.23. The van der Waals surface area contributed by atoms with E-state index in [4.69, 9.17) is 14.2 Å². The van der Waals surface area contributed by atoms with Crippen LogP contribution in [0.4, 0.5) is 5.69 Å². The van der Waals surface area contributed by atoms with Gasteiger partial charge in [0.1, 0.15) is 23.7 Å². The van der Waals surface area contributed by atoms with E-state index in [1.54, 1.807) is 26.5 Å². The van der Waals surface area contributed by atoms with E-state index in [9.17, 15) is 4.79 Å². The lowest BCUT2D eigenvalue weighted by molar-refractivity contribution is 0.0932. The molecule has 0 unspecified atom stereocenters. The van der Waals surface area contributed by atoms with Crippen molar-refractivity contribution in [2.45, 2.75) is 23.3 Å². The number of hydrogen-bond acceptors (Lipinski definition) is 7. The van der Waals surface area contributed by atoms with Crippen LogP contribution in [0, 0.1) is 0 Å². The van der Waals surface area contributed by atoms with E-state index in [0.717, 1.165) is 29.2 Å². The molecule has 0 bridgehead atoms. The molecular formula is C18H19N3O4S. The van der Waals surface area contributed by atoms with Crippen molar-refractivity contribution < 1.29 is 19.0 Å². The number of carbonyl (C=O) groups excluding carboxylic acids is 1. The summed E-state index contributed by atoms with van der Waals surface area (Å²) in [6.07, 6.45) is 3.54. The zero-order valence-corrected chi connectivity index (χ0v) is 15.3. The van der Waals surface area contributed by atoms with Crippen LogP contribution in [-0.2, 0) is 0 Å². The van der Waals surface area contributed by atoms with Gasteiger partial charge in [0.05, 0.1) is 36.5 Å². The molecule has 136 valence electrons. The normalized spacial score (nSPS) is 16.8. The number of anilines is 1. The van der Waals surface area contributed by atoms with Crippen molar-refractivity contribution in [1.82, 2.24) is 10.3 Å². The summed E-state index contributed by atoms with van der Waals surface area (Å²) in [5, 5.41) is 3.04. The topological polar surface area (TPSA) is 81.7 Å². The number of hydrogen-bond donors (Lipinski definition) is 2. The molecule has 1 aliphatic heterocycles. The van der Waals surface area contributed by atoms with Gasteiger partial charge in [-0.2, -0.15) is 0 Å². The summed E-state index contributed by atoms with van der Waals surface area (Å²) in [4.78, 5) is 17.6. The number of aromatic nitrogens is 1. The number of nitrogens with zero attached hydrogens (tertiary/aromatic N) is 1. The van der Waals surface area contributed by atoms with Crippen LogP contribution in [0.25, 0.3) is 0 Å². The van der Waals surface area contributed by atoms with Gasteiger partial charge in [-0.3, -0.25) is 4.79 Å². The third-order valence-corrected chi connectivity index (χ3v) is 5.34. The average Bonchev–Trinajstić information content (AvgIpc) is 3.45. The molecule has 2 aromatic rings. The van der Waals surface area contributed by atoms with Crippen molar-refractivity contribution in [2.75, 3.05) is 25.5 Å². The van der Waals surface area contributed by atoms with Crippen LogP contribution in [0.2, 0.25) is 0 Å². The number of carbonyl (C=O) groups is 1. The lowest BCUT2D eigenvalue weighted by Gasteiger charge is -2.12. The smallest absolute Gasteiger partial charge is 0.257 e. The van der Waals surface area contributed by atoms with Gasteiger partial charge in [-0.05, 0) is 49.1 Å². The molecule has 1 aromatic heterocycles. The van der Waals surface area contributed by atoms with Crippen molar-refractivity contribution in [3.8, 4) is 17.4 Å². The molecule has 0 saturated heterocycles. The molecular weight excluding hydrogens is 354 g/mol. The van der Waals surface area contributed by atoms with Crippen LogP contribution in [0.15, 0.2) is 35.4 Å². The number of methoxy groups -OCH3 is 2. The fraction of sp³-hybridized carbons (Fsp3) is 0.333. The van der Waals surface area contributed by atoms with Crippen LogP contribution in [0.3, 0.4) is 0 Å². The molecule has 2 heterocycles. The van der Waals surface area contributed by atoms with Gasteiger partial charge in [0.25, 0.3) is 5.91 Å². The van der Waals surface area contributed by atoms with E-state index in [1.165, 1.54) is 11.9 Å². The molecule has 0 atom stereocenters. The van der Waals surface area contributed by atoms with Crippen LogP contribution in [0.1, 0.15) is 23.2 Å². The lowest BCUT2D eigenvalue weighted by atomic mass is 10.2. The molecule has 1 amide bonds. The summed E-state index contributed by atoms with van der Waals surface area (Å²) in [5.74, 6) is 1.69. The van der Waals surface area contributed by atoms with E-state index in [-0.39, 0.29) is 11.4 Å². The molecule has 0 radical (unpaired) electrons. The molecule has 1 fully saturated rings. The highest BCUT2D eigenvalue weighted by atomic mass is 32.2. The molecule has 1 aliphatic carbocycles. The molecule has 1 spiro atoms. The number of benzene rings is 1. The predicted octanol–water partition coefficient (Wildman–Crippen LogP) is 2.87. The second kappa shape index (κ2) is 6.60. The van der Waals surface area contributed by atoms with Gasteiger partial charge in [0.2, 0.25) is 5.88 Å². The largest absolute Gasteiger partial charge is 0.497 e. The lowest BCUT2D eigenvalue weighted by Crippen LogP contribution is -2.38. The highest BCUT2D eigenvalue weighted by Gasteiger charge is 2.47. The number of pyridine rings is 1. The SMILES string of the molecule is COc1ccc(OC)c(SNc2cnc3c(c2)C(=O)NC2(CC2)CO3)c1. The number of rotatable bonds is 5. The molecule has 26 heavy (non-hydrogen) atoms. The summed E-state index contributed by atoms with van der Waals surface area (Å²) in [5.41, 5.74) is 0.940.